The van der Waals surface area contributed by atoms with E-state index in [2.05, 4.69) is 24.1 Å². The fourth-order valence-corrected chi connectivity index (χ4v) is 1.64. The Hall–Kier alpha value is -1.98. The summed E-state index contributed by atoms with van der Waals surface area (Å²) in [5.41, 5.74) is 6.33. The van der Waals surface area contributed by atoms with Gasteiger partial charge in [0.25, 0.3) is 0 Å². The highest BCUT2D eigenvalue weighted by Gasteiger charge is 2.11. The number of rotatable bonds is 8. The maximum Gasteiger partial charge on any atom is 0.239 e. The van der Waals surface area contributed by atoms with Gasteiger partial charge in [0.05, 0.1) is 18.8 Å². The third-order valence-electron chi connectivity index (χ3n) is 2.80. The van der Waals surface area contributed by atoms with Crippen molar-refractivity contribution >= 4 is 17.4 Å². The minimum atomic E-state index is -0.0270. The smallest absolute Gasteiger partial charge is 0.239 e. The van der Waals surface area contributed by atoms with Crippen LogP contribution in [0.25, 0.3) is 0 Å². The van der Waals surface area contributed by atoms with Gasteiger partial charge in [0, 0.05) is 13.6 Å². The summed E-state index contributed by atoms with van der Waals surface area (Å²) >= 11 is 0. The topological polar surface area (TPSA) is 80.5 Å². The Kier molecular flexibility index (Phi) is 6.78. The van der Waals surface area contributed by atoms with E-state index in [0.29, 0.717) is 36.5 Å². The maximum absolute atomic E-state index is 11.8. The molecule has 6 nitrogen and oxygen atoms in total. The number of nitrogen functional groups attached to an aromatic ring is 1. The van der Waals surface area contributed by atoms with Gasteiger partial charge in [0.2, 0.25) is 11.8 Å². The zero-order valence-electron chi connectivity index (χ0n) is 13.3. The zero-order chi connectivity index (χ0) is 15.8. The predicted octanol–water partition coefficient (Wildman–Crippen LogP) is 1.66. The second-order valence-electron chi connectivity index (χ2n) is 5.47. The Morgan fingerprint density at radius 2 is 2.19 bits per heavy atom. The van der Waals surface area contributed by atoms with Crippen molar-refractivity contribution in [3.8, 4) is 5.88 Å². The molecule has 0 bridgehead atoms. The number of ether oxygens (including phenoxy) is 1. The van der Waals surface area contributed by atoms with Crippen LogP contribution < -0.4 is 20.7 Å². The lowest BCUT2D eigenvalue weighted by atomic mass is 10.2. The van der Waals surface area contributed by atoms with Crippen LogP contribution in [0.3, 0.4) is 0 Å². The fourth-order valence-electron chi connectivity index (χ4n) is 1.64. The molecule has 0 aliphatic carbocycles. The third-order valence-corrected chi connectivity index (χ3v) is 2.80. The Bertz CT molecular complexity index is 463. The minimum Gasteiger partial charge on any atom is -0.476 e. The molecule has 0 saturated heterocycles. The van der Waals surface area contributed by atoms with Gasteiger partial charge in [-0.05, 0) is 24.5 Å². The molecule has 0 aromatic carbocycles. The third kappa shape index (κ3) is 5.89. The van der Waals surface area contributed by atoms with Gasteiger partial charge in [-0.3, -0.25) is 4.79 Å². The van der Waals surface area contributed by atoms with Crippen LogP contribution in [0.2, 0.25) is 0 Å². The van der Waals surface area contributed by atoms with E-state index in [-0.39, 0.29) is 12.5 Å². The highest BCUT2D eigenvalue weighted by Crippen LogP contribution is 2.22. The fraction of sp³-hybridized carbons (Fsp3) is 0.600. The number of nitrogens with one attached hydrogen (secondary N) is 1. The summed E-state index contributed by atoms with van der Waals surface area (Å²) in [6, 6.07) is 3.53. The Labute approximate surface area is 126 Å². The van der Waals surface area contributed by atoms with Gasteiger partial charge >= 0.3 is 0 Å². The first-order valence-electron chi connectivity index (χ1n) is 7.31. The molecule has 3 N–H and O–H groups in total. The second kappa shape index (κ2) is 8.34. The second-order valence-corrected chi connectivity index (χ2v) is 5.47. The van der Waals surface area contributed by atoms with E-state index in [9.17, 15) is 4.79 Å². The first-order valence-corrected chi connectivity index (χ1v) is 7.31. The number of carbonyl (C=O) groups excluding carboxylic acids is 1. The van der Waals surface area contributed by atoms with Crippen LogP contribution >= 0.6 is 0 Å². The molecule has 1 aromatic heterocycles. The summed E-state index contributed by atoms with van der Waals surface area (Å²) in [6.45, 7) is 7.62. The number of carbonyl (C=O) groups is 1. The number of anilines is 2. The Morgan fingerprint density at radius 3 is 2.81 bits per heavy atom. The number of nitrogens with two attached hydrogens (primary N) is 1. The number of nitrogens with zero attached hydrogens (tertiary/aromatic N) is 2. The largest absolute Gasteiger partial charge is 0.476 e. The molecule has 0 radical (unpaired) electrons. The van der Waals surface area contributed by atoms with Gasteiger partial charge in [0.15, 0.2) is 0 Å². The molecule has 0 aliphatic rings. The van der Waals surface area contributed by atoms with Gasteiger partial charge < -0.3 is 20.7 Å². The van der Waals surface area contributed by atoms with Crippen LogP contribution in [-0.2, 0) is 4.79 Å². The average Bonchev–Trinajstić information content (AvgIpc) is 2.44. The van der Waals surface area contributed by atoms with Crippen LogP contribution in [0.1, 0.15) is 27.2 Å². The van der Waals surface area contributed by atoms with Crippen LogP contribution in [0.4, 0.5) is 11.5 Å². The molecule has 0 fully saturated rings. The van der Waals surface area contributed by atoms with E-state index >= 15 is 0 Å². The molecule has 0 spiro atoms. The molecule has 1 amide bonds. The molecule has 1 rings (SSSR count). The van der Waals surface area contributed by atoms with Crippen molar-refractivity contribution < 1.29 is 9.53 Å². The van der Waals surface area contributed by atoms with Crippen LogP contribution in [0.15, 0.2) is 12.1 Å². The van der Waals surface area contributed by atoms with Crippen LogP contribution in [0, 0.1) is 5.92 Å². The van der Waals surface area contributed by atoms with E-state index in [1.807, 2.05) is 14.0 Å². The number of hydrogen-bond donors (Lipinski definition) is 2. The van der Waals surface area contributed by atoms with Crippen molar-refractivity contribution in [2.24, 2.45) is 5.92 Å². The molecule has 1 heterocycles. The van der Waals surface area contributed by atoms with Crippen LogP contribution in [-0.4, -0.2) is 37.6 Å². The molecule has 1 aromatic rings. The normalized spacial score (nSPS) is 10.5. The number of aromatic nitrogens is 1. The molecule has 0 aliphatic heterocycles. The SMILES string of the molecule is CCCOc1nc(N(C)CC(=O)NCC(C)C)ccc1N. The Morgan fingerprint density at radius 1 is 1.48 bits per heavy atom. The van der Waals surface area contributed by atoms with E-state index in [4.69, 9.17) is 10.5 Å². The van der Waals surface area contributed by atoms with E-state index < -0.39 is 0 Å². The minimum absolute atomic E-state index is 0.0270. The maximum atomic E-state index is 11.8. The van der Waals surface area contributed by atoms with Crippen molar-refractivity contribution in [1.82, 2.24) is 10.3 Å². The summed E-state index contributed by atoms with van der Waals surface area (Å²) in [4.78, 5) is 17.9. The Balaban J connectivity index is 2.64. The lowest BCUT2D eigenvalue weighted by molar-refractivity contribution is -0.119. The molecular formula is C15H26N4O2. The summed E-state index contributed by atoms with van der Waals surface area (Å²) in [5.74, 6) is 1.49. The summed E-state index contributed by atoms with van der Waals surface area (Å²) < 4.78 is 5.50. The molecule has 6 heteroatoms. The highest BCUT2D eigenvalue weighted by atomic mass is 16.5. The number of pyridine rings is 1. The molecule has 118 valence electrons. The molecule has 0 saturated carbocycles. The van der Waals surface area contributed by atoms with Gasteiger partial charge in [0.1, 0.15) is 5.82 Å². The van der Waals surface area contributed by atoms with E-state index in [1.54, 1.807) is 17.0 Å². The first-order chi connectivity index (χ1) is 9.93. The monoisotopic (exact) mass is 294 g/mol. The van der Waals surface area contributed by atoms with E-state index in [0.717, 1.165) is 6.42 Å². The molecule has 0 atom stereocenters. The number of likely N-dealkylation sites (N-methyl/N-ethyl adjacent to an activating group) is 1. The standard InChI is InChI=1S/C15H26N4O2/c1-5-8-21-15-12(16)6-7-13(18-15)19(4)10-14(20)17-9-11(2)3/h6-7,11H,5,8-10,16H2,1-4H3,(H,17,20). The lowest BCUT2D eigenvalue weighted by Gasteiger charge is -2.19. The van der Waals surface area contributed by atoms with Gasteiger partial charge in [-0.25, -0.2) is 0 Å². The summed E-state index contributed by atoms with van der Waals surface area (Å²) in [6.07, 6.45) is 0.888. The zero-order valence-corrected chi connectivity index (χ0v) is 13.3. The van der Waals surface area contributed by atoms with Crippen molar-refractivity contribution in [3.63, 3.8) is 0 Å². The lowest BCUT2D eigenvalue weighted by Crippen LogP contribution is -2.37. The molecular weight excluding hydrogens is 268 g/mol. The molecule has 0 unspecified atom stereocenters. The predicted molar refractivity (Wildman–Crippen MR) is 85.6 cm³/mol. The summed E-state index contributed by atoms with van der Waals surface area (Å²) in [5, 5.41) is 2.88. The van der Waals surface area contributed by atoms with Gasteiger partial charge in [-0.15, -0.1) is 0 Å². The van der Waals surface area contributed by atoms with Crippen molar-refractivity contribution in [2.45, 2.75) is 27.2 Å². The van der Waals surface area contributed by atoms with E-state index in [1.165, 1.54) is 0 Å². The van der Waals surface area contributed by atoms with Gasteiger partial charge in [-0.1, -0.05) is 20.8 Å². The molecule has 21 heavy (non-hydrogen) atoms. The van der Waals surface area contributed by atoms with Crippen LogP contribution in [0.5, 0.6) is 5.88 Å². The quantitative estimate of drug-likeness (QED) is 0.762. The van der Waals surface area contributed by atoms with Crippen molar-refractivity contribution in [2.75, 3.05) is 37.4 Å². The van der Waals surface area contributed by atoms with Gasteiger partial charge in [-0.2, -0.15) is 4.98 Å². The van der Waals surface area contributed by atoms with Crippen molar-refractivity contribution in [3.05, 3.63) is 12.1 Å². The van der Waals surface area contributed by atoms with Crippen molar-refractivity contribution in [1.29, 1.82) is 0 Å². The average molecular weight is 294 g/mol. The number of hydrogen-bond acceptors (Lipinski definition) is 5. The summed E-state index contributed by atoms with van der Waals surface area (Å²) in [7, 11) is 1.82. The number of amides is 1. The first kappa shape index (κ1) is 17.1. The highest BCUT2D eigenvalue weighted by molar-refractivity contribution is 5.81.